The van der Waals surface area contributed by atoms with E-state index in [4.69, 9.17) is 4.74 Å². The Morgan fingerprint density at radius 3 is 2.25 bits per heavy atom. The van der Waals surface area contributed by atoms with Crippen LogP contribution >= 0.6 is 0 Å². The first-order valence-corrected chi connectivity index (χ1v) is 6.52. The fraction of sp³-hybridized carbons (Fsp3) is 0.538. The van der Waals surface area contributed by atoms with Crippen molar-refractivity contribution < 1.29 is 73.5 Å². The van der Waals surface area contributed by atoms with Crippen molar-refractivity contribution in [3.05, 3.63) is 24.0 Å². The predicted molar refractivity (Wildman–Crippen MR) is 67.2 cm³/mol. The van der Waals surface area contributed by atoms with Crippen LogP contribution in [0.2, 0.25) is 0 Å². The van der Waals surface area contributed by atoms with Crippen LogP contribution in [-0.2, 0) is 0 Å². The van der Waals surface area contributed by atoms with Crippen LogP contribution in [-0.4, -0.2) is 13.1 Å². The molecule has 0 spiro atoms. The summed E-state index contributed by atoms with van der Waals surface area (Å²) in [5.74, 6) is -0.536. The molecule has 0 unspecified atom stereocenters. The zero-order chi connectivity index (χ0) is 14.0. The van der Waals surface area contributed by atoms with E-state index in [0.717, 1.165) is 37.8 Å². The van der Waals surface area contributed by atoms with Crippen molar-refractivity contribution in [2.24, 2.45) is 5.92 Å². The van der Waals surface area contributed by atoms with E-state index in [1.165, 1.54) is 0 Å². The van der Waals surface area contributed by atoms with Crippen LogP contribution in [0.3, 0.4) is 0 Å². The van der Waals surface area contributed by atoms with Crippen LogP contribution in [0, 0.1) is 11.7 Å². The minimum Gasteiger partial charge on any atom is -0.493 e. The molecule has 0 saturated heterocycles. The van der Waals surface area contributed by atoms with Gasteiger partial charge in [-0.15, -0.1) is 0 Å². The van der Waals surface area contributed by atoms with Gasteiger partial charge in [-0.3, -0.25) is 0 Å². The molecule has 1 aliphatic rings. The molecule has 1 saturated carbocycles. The quantitative estimate of drug-likeness (QED) is 0.593. The summed E-state index contributed by atoms with van der Waals surface area (Å²) >= 11 is 0. The van der Waals surface area contributed by atoms with Gasteiger partial charge in [0.25, 0.3) is 0 Å². The van der Waals surface area contributed by atoms with E-state index in [0.29, 0.717) is 12.0 Å². The average Bonchev–Trinajstić information content (AvgIpc) is 2.33. The van der Waals surface area contributed by atoms with E-state index in [2.05, 4.69) is 6.92 Å². The molecule has 1 nitrogen and oxygen atoms in total. The first kappa shape index (κ1) is 18.5. The summed E-state index contributed by atoms with van der Waals surface area (Å²) in [6.07, 6.45) is 3.22. The van der Waals surface area contributed by atoms with E-state index < -0.39 is 18.3 Å². The second-order valence-electron chi connectivity index (χ2n) is 5.26. The molecule has 0 radical (unpaired) electrons. The third-order valence-electron chi connectivity index (χ3n) is 3.58. The van der Waals surface area contributed by atoms with Crippen molar-refractivity contribution in [3.8, 4) is 5.75 Å². The Morgan fingerprint density at radius 2 is 1.70 bits per heavy atom. The molecule has 1 fully saturated rings. The van der Waals surface area contributed by atoms with Crippen molar-refractivity contribution in [1.82, 2.24) is 0 Å². The van der Waals surface area contributed by atoms with Crippen molar-refractivity contribution in [3.63, 3.8) is 0 Å². The van der Waals surface area contributed by atoms with Gasteiger partial charge in [-0.05, 0) is 49.8 Å². The molecule has 0 bridgehead atoms. The molecule has 0 atom stereocenters. The number of hydrogen-bond donors (Lipinski definition) is 0. The number of benzene rings is 1. The van der Waals surface area contributed by atoms with E-state index in [1.807, 2.05) is 0 Å². The molecule has 0 N–H and O–H groups in total. The fourth-order valence-electron chi connectivity index (χ4n) is 2.41. The maximum Gasteiger partial charge on any atom is 1.00 e. The van der Waals surface area contributed by atoms with Gasteiger partial charge in [0.2, 0.25) is 0 Å². The van der Waals surface area contributed by atoms with Gasteiger partial charge in [0, 0.05) is 0 Å². The van der Waals surface area contributed by atoms with Gasteiger partial charge in [-0.1, -0.05) is 12.4 Å². The van der Waals surface area contributed by atoms with Crippen LogP contribution in [0.4, 0.5) is 17.3 Å². The normalized spacial score (nSPS) is 23.1. The van der Waals surface area contributed by atoms with Crippen LogP contribution in [0.1, 0.15) is 32.6 Å². The van der Waals surface area contributed by atoms with Gasteiger partial charge in [0.15, 0.2) is 0 Å². The Kier molecular flexibility index (Phi) is 7.05. The van der Waals surface area contributed by atoms with Crippen LogP contribution in [0.5, 0.6) is 5.75 Å². The third-order valence-corrected chi connectivity index (χ3v) is 3.58. The first-order chi connectivity index (χ1) is 8.86. The summed E-state index contributed by atoms with van der Waals surface area (Å²) in [5, 5.41) is 0. The Labute approximate surface area is 158 Å². The molecule has 0 aromatic heterocycles. The fourth-order valence-corrected chi connectivity index (χ4v) is 2.41. The van der Waals surface area contributed by atoms with E-state index in [-0.39, 0.29) is 63.2 Å². The van der Waals surface area contributed by atoms with Crippen LogP contribution in [0.15, 0.2) is 18.2 Å². The second kappa shape index (κ2) is 7.63. The van der Waals surface area contributed by atoms with Gasteiger partial charge >= 0.3 is 58.4 Å². The third kappa shape index (κ3) is 5.02. The first-order valence-electron chi connectivity index (χ1n) is 6.52. The van der Waals surface area contributed by atoms with Gasteiger partial charge < -0.3 is 17.7 Å². The predicted octanol–water partition coefficient (Wildman–Crippen LogP) is 0.842. The largest absolute Gasteiger partial charge is 1.00 e. The molecule has 1 aromatic rings. The minimum absolute atomic E-state index is 0. The Bertz CT molecular complexity index is 444. The molecule has 1 aliphatic carbocycles. The van der Waals surface area contributed by atoms with Crippen LogP contribution in [0.25, 0.3) is 0 Å². The van der Waals surface area contributed by atoms with E-state index in [9.17, 15) is 17.3 Å². The molecule has 0 aliphatic heterocycles. The maximum absolute atomic E-state index is 13.0. The zero-order valence-electron chi connectivity index (χ0n) is 11.7. The van der Waals surface area contributed by atoms with Gasteiger partial charge in [0.05, 0.1) is 11.9 Å². The summed E-state index contributed by atoms with van der Waals surface area (Å²) in [4.78, 5) is 0. The van der Waals surface area contributed by atoms with E-state index in [1.54, 1.807) is 0 Å². The number of rotatable bonds is 3. The second-order valence-corrected chi connectivity index (χ2v) is 5.26. The summed E-state index contributed by atoms with van der Waals surface area (Å²) in [6, 6.07) is 2.60. The number of hydrogen-bond acceptors (Lipinski definition) is 1. The topological polar surface area (TPSA) is 9.23 Å². The van der Waals surface area contributed by atoms with Crippen molar-refractivity contribution in [2.45, 2.75) is 38.7 Å². The summed E-state index contributed by atoms with van der Waals surface area (Å²) in [5.41, 5.74) is -0.973. The minimum atomic E-state index is -5.26. The number of halogens is 4. The van der Waals surface area contributed by atoms with Crippen molar-refractivity contribution >= 4 is 12.4 Å². The molecule has 106 valence electrons. The van der Waals surface area contributed by atoms with Crippen LogP contribution < -0.4 is 61.6 Å². The summed E-state index contributed by atoms with van der Waals surface area (Å²) in [7, 11) is 0. The molecular weight excluding hydrogens is 298 g/mol. The Hall–Kier alpha value is 0.441. The average molecular weight is 314 g/mol. The molecular formula is C13H16BF4KO. The zero-order valence-corrected chi connectivity index (χ0v) is 14.8. The molecule has 2 rings (SSSR count). The number of ether oxygens (including phenoxy) is 1. The van der Waals surface area contributed by atoms with Crippen molar-refractivity contribution in [2.75, 3.05) is 0 Å². The monoisotopic (exact) mass is 314 g/mol. The standard InChI is InChI=1S/C13H16BF4O.K/c1-9-2-5-11(6-3-9)19-13-7-4-10(15)8-12(13)14(16,17)18;/h4,7-9,11H,2-3,5-6H2,1H3;/q-1;+1. The van der Waals surface area contributed by atoms with E-state index >= 15 is 0 Å². The van der Waals surface area contributed by atoms with Gasteiger partial charge in [0.1, 0.15) is 5.82 Å². The van der Waals surface area contributed by atoms with Crippen molar-refractivity contribution in [1.29, 1.82) is 0 Å². The maximum atomic E-state index is 13.0. The smallest absolute Gasteiger partial charge is 0.493 e. The molecule has 7 heteroatoms. The van der Waals surface area contributed by atoms with Gasteiger partial charge in [-0.2, -0.15) is 0 Å². The SMILES string of the molecule is CC1CCC(Oc2ccc(F)cc2[B-](F)(F)F)CC1.[K+]. The molecule has 20 heavy (non-hydrogen) atoms. The molecule has 0 amide bonds. The summed E-state index contributed by atoms with van der Waals surface area (Å²) < 4.78 is 57.0. The molecule has 1 aromatic carbocycles. The van der Waals surface area contributed by atoms with Gasteiger partial charge in [-0.25, -0.2) is 4.39 Å². The summed E-state index contributed by atoms with van der Waals surface area (Å²) in [6.45, 7) is -3.14. The Morgan fingerprint density at radius 1 is 1.10 bits per heavy atom. The Balaban J connectivity index is 0.00000200. The molecule has 0 heterocycles.